The van der Waals surface area contributed by atoms with Gasteiger partial charge in [-0.1, -0.05) is 41.9 Å². The molecule has 3 aromatic heterocycles. The van der Waals surface area contributed by atoms with Crippen LogP contribution in [0, 0.1) is 11.3 Å². The Morgan fingerprint density at radius 1 is 1.24 bits per heavy atom. The molecule has 0 amide bonds. The number of imidazole rings is 1. The van der Waals surface area contributed by atoms with Crippen molar-refractivity contribution in [3.05, 3.63) is 71.4 Å². The fourth-order valence-corrected chi connectivity index (χ4v) is 4.59. The Hall–Kier alpha value is -3.15. The van der Waals surface area contributed by atoms with Gasteiger partial charge in [0.25, 0.3) is 0 Å². The summed E-state index contributed by atoms with van der Waals surface area (Å²) in [5.74, 6) is 0.432. The number of hydrogen-bond acceptors (Lipinski definition) is 7. The summed E-state index contributed by atoms with van der Waals surface area (Å²) in [4.78, 5) is 12.1. The molecule has 7 nitrogen and oxygen atoms in total. The fourth-order valence-electron chi connectivity index (χ4n) is 3.35. The van der Waals surface area contributed by atoms with Crippen molar-refractivity contribution >= 4 is 34.8 Å². The summed E-state index contributed by atoms with van der Waals surface area (Å²) >= 11 is 7.78. The van der Waals surface area contributed by atoms with E-state index in [1.807, 2.05) is 36.5 Å². The number of rotatable bonds is 4. The van der Waals surface area contributed by atoms with E-state index in [1.54, 1.807) is 22.5 Å². The first-order chi connectivity index (χ1) is 14.1. The molecule has 5 rings (SSSR count). The number of nitrogens with one attached hydrogen (secondary N) is 1. The number of aromatic nitrogens is 5. The van der Waals surface area contributed by atoms with Crippen LogP contribution in [0.5, 0.6) is 0 Å². The van der Waals surface area contributed by atoms with E-state index in [2.05, 4.69) is 39.3 Å². The third kappa shape index (κ3) is 3.09. The lowest BCUT2D eigenvalue weighted by Gasteiger charge is -2.15. The van der Waals surface area contributed by atoms with Gasteiger partial charge < -0.3 is 5.32 Å². The van der Waals surface area contributed by atoms with Gasteiger partial charge in [0.15, 0.2) is 10.8 Å². The minimum absolute atomic E-state index is 0.104. The number of nitrogens with zero attached hydrogens (tertiary/aromatic N) is 6. The molecule has 142 valence electrons. The van der Waals surface area contributed by atoms with Gasteiger partial charge in [-0.15, -0.1) is 11.8 Å². The number of halogens is 1. The smallest absolute Gasteiger partial charge is 0.153 e. The highest BCUT2D eigenvalue weighted by atomic mass is 35.5. The van der Waals surface area contributed by atoms with Crippen LogP contribution in [0.15, 0.2) is 55.1 Å². The molecule has 1 unspecified atom stereocenters. The summed E-state index contributed by atoms with van der Waals surface area (Å²) in [7, 11) is 0. The van der Waals surface area contributed by atoms with Gasteiger partial charge in [0.05, 0.1) is 15.8 Å². The molecule has 0 radical (unpaired) electrons. The molecule has 0 saturated carbocycles. The summed E-state index contributed by atoms with van der Waals surface area (Å²) in [6, 6.07) is 14.2. The predicted molar refractivity (Wildman–Crippen MR) is 113 cm³/mol. The maximum atomic E-state index is 9.40. The normalized spacial score (nSPS) is 20.4. The highest BCUT2D eigenvalue weighted by molar-refractivity contribution is 8.08. The number of thioether (sulfide) groups is 1. The molecular weight excluding hydrogens is 406 g/mol. The topological polar surface area (TPSA) is 91.8 Å². The van der Waals surface area contributed by atoms with E-state index in [0.29, 0.717) is 5.82 Å². The molecule has 0 spiro atoms. The molecule has 1 saturated heterocycles. The lowest BCUT2D eigenvalue weighted by atomic mass is 10.0. The van der Waals surface area contributed by atoms with Crippen LogP contribution in [0.1, 0.15) is 23.3 Å². The lowest BCUT2D eigenvalue weighted by Crippen LogP contribution is -2.20. The monoisotopic (exact) mass is 419 g/mol. The first-order valence-electron chi connectivity index (χ1n) is 8.85. The van der Waals surface area contributed by atoms with E-state index in [1.165, 1.54) is 6.33 Å². The molecule has 1 aliphatic heterocycles. The SMILES string of the molecule is C[C@]1(Nc2ncnc(Cl)c2C#N)SC1c1cc2nccn2nc1-c1ccccc1. The van der Waals surface area contributed by atoms with Gasteiger partial charge in [-0.3, -0.25) is 0 Å². The second kappa shape index (κ2) is 6.72. The van der Waals surface area contributed by atoms with Crippen molar-refractivity contribution in [1.29, 1.82) is 5.26 Å². The molecule has 1 aromatic carbocycles. The molecule has 4 heterocycles. The van der Waals surface area contributed by atoms with Crippen molar-refractivity contribution in [1.82, 2.24) is 24.6 Å². The van der Waals surface area contributed by atoms with Crippen LogP contribution in [-0.2, 0) is 0 Å². The van der Waals surface area contributed by atoms with E-state index in [-0.39, 0.29) is 20.8 Å². The van der Waals surface area contributed by atoms with Crippen LogP contribution in [0.3, 0.4) is 0 Å². The largest absolute Gasteiger partial charge is 0.353 e. The minimum Gasteiger partial charge on any atom is -0.353 e. The van der Waals surface area contributed by atoms with E-state index >= 15 is 0 Å². The van der Waals surface area contributed by atoms with Crippen LogP contribution in [0.25, 0.3) is 16.9 Å². The Balaban J connectivity index is 1.56. The molecule has 2 atom stereocenters. The minimum atomic E-state index is -0.362. The van der Waals surface area contributed by atoms with Gasteiger partial charge in [-0.25, -0.2) is 19.5 Å². The van der Waals surface area contributed by atoms with Crippen LogP contribution in [0.2, 0.25) is 5.15 Å². The zero-order chi connectivity index (χ0) is 20.0. The van der Waals surface area contributed by atoms with Crippen molar-refractivity contribution < 1.29 is 0 Å². The molecule has 29 heavy (non-hydrogen) atoms. The van der Waals surface area contributed by atoms with Crippen molar-refractivity contribution in [3.8, 4) is 17.3 Å². The Bertz CT molecular complexity index is 1270. The summed E-state index contributed by atoms with van der Waals surface area (Å²) < 4.78 is 1.78. The van der Waals surface area contributed by atoms with Crippen molar-refractivity contribution in [2.24, 2.45) is 0 Å². The van der Waals surface area contributed by atoms with E-state index in [9.17, 15) is 5.26 Å². The number of fused-ring (bicyclic) bond motifs is 1. The van der Waals surface area contributed by atoms with Crippen LogP contribution >= 0.6 is 23.4 Å². The first-order valence-corrected chi connectivity index (χ1v) is 10.1. The maximum Gasteiger partial charge on any atom is 0.153 e. The quantitative estimate of drug-likeness (QED) is 0.388. The molecule has 0 aliphatic carbocycles. The Labute approximate surface area is 175 Å². The average Bonchev–Trinajstić information content (AvgIpc) is 3.17. The zero-order valence-electron chi connectivity index (χ0n) is 15.2. The summed E-state index contributed by atoms with van der Waals surface area (Å²) in [6.07, 6.45) is 4.93. The molecule has 4 aromatic rings. The highest BCUT2D eigenvalue weighted by Crippen LogP contribution is 2.65. The molecule has 1 N–H and O–H groups in total. The molecule has 1 fully saturated rings. The highest BCUT2D eigenvalue weighted by Gasteiger charge is 2.54. The molecule has 1 aliphatic rings. The fraction of sp³-hybridized carbons (Fsp3) is 0.150. The zero-order valence-corrected chi connectivity index (χ0v) is 16.8. The van der Waals surface area contributed by atoms with Crippen molar-refractivity contribution in [2.75, 3.05) is 5.32 Å². The van der Waals surface area contributed by atoms with Crippen LogP contribution in [0.4, 0.5) is 5.82 Å². The van der Waals surface area contributed by atoms with Gasteiger partial charge in [0, 0.05) is 23.5 Å². The van der Waals surface area contributed by atoms with Crippen LogP contribution in [-0.4, -0.2) is 29.4 Å². The third-order valence-corrected chi connectivity index (χ3v) is 6.65. The average molecular weight is 420 g/mol. The standard InChI is InChI=1S/C20H14ClN7S/c1-20(26-19-14(10-22)18(21)24-11-25-19)17(29-20)13-9-15-23-7-8-28(15)27-16(13)12-5-3-2-4-6-12/h2-9,11,17H,1H3,(H,24,25,26)/t17?,20-/m0/s1. The van der Waals surface area contributed by atoms with Gasteiger partial charge in [-0.2, -0.15) is 10.4 Å². The number of nitriles is 1. The summed E-state index contributed by atoms with van der Waals surface area (Å²) in [5, 5.41) is 17.8. The van der Waals surface area contributed by atoms with Crippen molar-refractivity contribution in [2.45, 2.75) is 17.0 Å². The number of hydrogen-bond donors (Lipinski definition) is 1. The number of benzene rings is 1. The van der Waals surface area contributed by atoms with Crippen LogP contribution < -0.4 is 5.32 Å². The molecule has 0 bridgehead atoms. The maximum absolute atomic E-state index is 9.40. The summed E-state index contributed by atoms with van der Waals surface area (Å²) in [6.45, 7) is 2.07. The third-order valence-electron chi connectivity index (χ3n) is 4.83. The van der Waals surface area contributed by atoms with Crippen molar-refractivity contribution in [3.63, 3.8) is 0 Å². The van der Waals surface area contributed by atoms with Gasteiger partial charge in [0.2, 0.25) is 0 Å². The second-order valence-electron chi connectivity index (χ2n) is 6.77. The Morgan fingerprint density at radius 2 is 2.07 bits per heavy atom. The Kier molecular flexibility index (Phi) is 4.15. The lowest BCUT2D eigenvalue weighted by molar-refractivity contribution is 0.793. The molecular formula is C20H14ClN7S. The summed E-state index contributed by atoms with van der Waals surface area (Å²) in [5.41, 5.74) is 4.05. The van der Waals surface area contributed by atoms with Gasteiger partial charge in [-0.05, 0) is 13.0 Å². The Morgan fingerprint density at radius 3 is 2.86 bits per heavy atom. The van der Waals surface area contributed by atoms with E-state index in [0.717, 1.165) is 22.5 Å². The molecule has 9 heteroatoms. The predicted octanol–water partition coefficient (Wildman–Crippen LogP) is 4.33. The van der Waals surface area contributed by atoms with E-state index < -0.39 is 0 Å². The second-order valence-corrected chi connectivity index (χ2v) is 8.69. The number of anilines is 1. The van der Waals surface area contributed by atoms with E-state index in [4.69, 9.17) is 16.7 Å². The first kappa shape index (κ1) is 17.9. The van der Waals surface area contributed by atoms with Gasteiger partial charge >= 0.3 is 0 Å². The van der Waals surface area contributed by atoms with Gasteiger partial charge in [0.1, 0.15) is 23.8 Å².